The van der Waals surface area contributed by atoms with E-state index in [2.05, 4.69) is 0 Å². The van der Waals surface area contributed by atoms with Crippen molar-refractivity contribution in [1.82, 2.24) is 0 Å². The number of aryl methyl sites for hydroxylation is 2. The Kier molecular flexibility index (Phi) is 5.78. The molecule has 0 fully saturated rings. The topological polar surface area (TPSA) is 66.8 Å². The molecule has 1 aliphatic heterocycles. The highest BCUT2D eigenvalue weighted by atomic mass is 16.5. The van der Waals surface area contributed by atoms with E-state index in [1.54, 1.807) is 6.92 Å². The number of aliphatic hydroxyl groups is 1. The number of amides is 1. The molecule has 1 aliphatic rings. The van der Waals surface area contributed by atoms with E-state index in [0.29, 0.717) is 11.4 Å². The SMILES string of the molecule is CCC(=O)C1=C(O)C(=O)N(c2ccc(C)c(C)c2)C1c1cccc(OC(C)C)c1. The first-order chi connectivity index (χ1) is 13.7. The van der Waals surface area contributed by atoms with Crippen molar-refractivity contribution in [3.05, 3.63) is 70.5 Å². The number of aliphatic hydroxyl groups excluding tert-OH is 1. The number of ether oxygens (including phenoxy) is 1. The summed E-state index contributed by atoms with van der Waals surface area (Å²) in [5.74, 6) is -0.637. The Morgan fingerprint density at radius 2 is 1.86 bits per heavy atom. The number of hydrogen-bond donors (Lipinski definition) is 1. The molecule has 152 valence electrons. The maximum Gasteiger partial charge on any atom is 0.294 e. The molecule has 1 heterocycles. The summed E-state index contributed by atoms with van der Waals surface area (Å²) in [7, 11) is 0. The largest absolute Gasteiger partial charge is 0.503 e. The number of ketones is 1. The average molecular weight is 393 g/mol. The Hall–Kier alpha value is -3.08. The van der Waals surface area contributed by atoms with Crippen LogP contribution in [0.3, 0.4) is 0 Å². The fraction of sp³-hybridized carbons (Fsp3) is 0.333. The van der Waals surface area contributed by atoms with Gasteiger partial charge >= 0.3 is 0 Å². The van der Waals surface area contributed by atoms with E-state index in [4.69, 9.17) is 4.74 Å². The Morgan fingerprint density at radius 3 is 2.48 bits per heavy atom. The number of nitrogens with zero attached hydrogens (tertiary/aromatic N) is 1. The van der Waals surface area contributed by atoms with Crippen molar-refractivity contribution >= 4 is 17.4 Å². The van der Waals surface area contributed by atoms with Gasteiger partial charge in [0.25, 0.3) is 5.91 Å². The molecule has 0 saturated heterocycles. The highest BCUT2D eigenvalue weighted by molar-refractivity contribution is 6.16. The molecule has 5 nitrogen and oxygen atoms in total. The Labute approximate surface area is 171 Å². The average Bonchev–Trinajstić information content (AvgIpc) is 2.94. The Balaban J connectivity index is 2.16. The minimum atomic E-state index is -0.701. The molecule has 0 radical (unpaired) electrons. The van der Waals surface area contributed by atoms with Crippen molar-refractivity contribution in [1.29, 1.82) is 0 Å². The monoisotopic (exact) mass is 393 g/mol. The standard InChI is InChI=1S/C24H27NO4/c1-6-20(26)21-22(17-8-7-9-19(13-17)29-14(2)3)25(24(28)23(21)27)18-11-10-15(4)16(5)12-18/h7-14,22,27H,6H2,1-5H3. The van der Waals surface area contributed by atoms with Gasteiger partial charge in [0.1, 0.15) is 5.75 Å². The number of benzene rings is 2. The molecule has 1 atom stereocenters. The fourth-order valence-corrected chi connectivity index (χ4v) is 3.57. The summed E-state index contributed by atoms with van der Waals surface area (Å²) in [5, 5.41) is 10.6. The number of anilines is 1. The third-order valence-corrected chi connectivity index (χ3v) is 5.14. The van der Waals surface area contributed by atoms with Gasteiger partial charge in [-0.05, 0) is 68.7 Å². The first-order valence-electron chi connectivity index (χ1n) is 9.88. The predicted molar refractivity (Wildman–Crippen MR) is 113 cm³/mol. The summed E-state index contributed by atoms with van der Waals surface area (Å²) in [6, 6.07) is 12.3. The van der Waals surface area contributed by atoms with Crippen LogP contribution in [-0.2, 0) is 9.59 Å². The number of carbonyl (C=O) groups excluding carboxylic acids is 2. The van der Waals surface area contributed by atoms with Gasteiger partial charge in [0.05, 0.1) is 17.7 Å². The van der Waals surface area contributed by atoms with Gasteiger partial charge in [-0.15, -0.1) is 0 Å². The number of carbonyl (C=O) groups is 2. The molecule has 0 aliphatic carbocycles. The van der Waals surface area contributed by atoms with Crippen LogP contribution in [0.25, 0.3) is 0 Å². The van der Waals surface area contributed by atoms with Crippen LogP contribution in [0.1, 0.15) is 49.9 Å². The van der Waals surface area contributed by atoms with Crippen molar-refractivity contribution in [2.45, 2.75) is 53.2 Å². The number of rotatable bonds is 6. The third kappa shape index (κ3) is 3.90. The molecule has 1 amide bonds. The van der Waals surface area contributed by atoms with Crippen LogP contribution in [0, 0.1) is 13.8 Å². The second kappa shape index (κ2) is 8.11. The van der Waals surface area contributed by atoms with Crippen molar-refractivity contribution in [2.75, 3.05) is 4.90 Å². The molecule has 0 spiro atoms. The molecule has 2 aromatic rings. The Morgan fingerprint density at radius 1 is 1.14 bits per heavy atom. The maximum absolute atomic E-state index is 13.0. The summed E-state index contributed by atoms with van der Waals surface area (Å²) in [5.41, 5.74) is 3.63. The first kappa shape index (κ1) is 20.6. The third-order valence-electron chi connectivity index (χ3n) is 5.14. The van der Waals surface area contributed by atoms with Crippen LogP contribution in [0.4, 0.5) is 5.69 Å². The number of hydrogen-bond acceptors (Lipinski definition) is 4. The van der Waals surface area contributed by atoms with Gasteiger partial charge in [0.2, 0.25) is 0 Å². The van der Waals surface area contributed by atoms with Crippen molar-refractivity contribution < 1.29 is 19.4 Å². The molecule has 3 rings (SSSR count). The normalized spacial score (nSPS) is 16.7. The van der Waals surface area contributed by atoms with E-state index in [1.165, 1.54) is 4.90 Å². The van der Waals surface area contributed by atoms with Crippen LogP contribution < -0.4 is 9.64 Å². The smallest absolute Gasteiger partial charge is 0.294 e. The van der Waals surface area contributed by atoms with Crippen LogP contribution in [0.2, 0.25) is 0 Å². The second-order valence-electron chi connectivity index (χ2n) is 7.62. The molecule has 0 saturated carbocycles. The molecule has 0 aromatic heterocycles. The molecule has 1 unspecified atom stereocenters. The lowest BCUT2D eigenvalue weighted by Crippen LogP contribution is -2.31. The van der Waals surface area contributed by atoms with Crippen molar-refractivity contribution in [3.63, 3.8) is 0 Å². The van der Waals surface area contributed by atoms with Gasteiger partial charge in [-0.3, -0.25) is 14.5 Å². The minimum Gasteiger partial charge on any atom is -0.503 e. The number of Topliss-reactive ketones (excluding diaryl/α,β-unsaturated/α-hetero) is 1. The van der Waals surface area contributed by atoms with E-state index < -0.39 is 17.7 Å². The highest BCUT2D eigenvalue weighted by Crippen LogP contribution is 2.42. The molecule has 5 heteroatoms. The first-order valence-corrected chi connectivity index (χ1v) is 9.88. The van der Waals surface area contributed by atoms with E-state index in [-0.39, 0.29) is 23.9 Å². The minimum absolute atomic E-state index is 0.00741. The fourth-order valence-electron chi connectivity index (χ4n) is 3.57. The second-order valence-corrected chi connectivity index (χ2v) is 7.62. The summed E-state index contributed by atoms with van der Waals surface area (Å²) in [6.45, 7) is 9.56. The maximum atomic E-state index is 13.0. The van der Waals surface area contributed by atoms with Gasteiger partial charge in [-0.2, -0.15) is 0 Å². The summed E-state index contributed by atoms with van der Waals surface area (Å²) in [4.78, 5) is 27.2. The molecular weight excluding hydrogens is 366 g/mol. The van der Waals surface area contributed by atoms with Crippen LogP contribution in [0.15, 0.2) is 53.8 Å². The predicted octanol–water partition coefficient (Wildman–Crippen LogP) is 4.97. The van der Waals surface area contributed by atoms with E-state index in [1.807, 2.05) is 70.2 Å². The summed E-state index contributed by atoms with van der Waals surface area (Å²) in [6.07, 6.45) is 0.193. The van der Waals surface area contributed by atoms with Crippen molar-refractivity contribution in [2.24, 2.45) is 0 Å². The van der Waals surface area contributed by atoms with E-state index >= 15 is 0 Å². The Bertz CT molecular complexity index is 990. The zero-order valence-corrected chi connectivity index (χ0v) is 17.5. The van der Waals surface area contributed by atoms with Gasteiger partial charge in [0.15, 0.2) is 11.5 Å². The molecule has 0 bridgehead atoms. The van der Waals surface area contributed by atoms with E-state index in [9.17, 15) is 14.7 Å². The van der Waals surface area contributed by atoms with E-state index in [0.717, 1.165) is 16.7 Å². The van der Waals surface area contributed by atoms with Crippen molar-refractivity contribution in [3.8, 4) is 5.75 Å². The lowest BCUT2D eigenvalue weighted by atomic mass is 9.94. The highest BCUT2D eigenvalue weighted by Gasteiger charge is 2.44. The lowest BCUT2D eigenvalue weighted by molar-refractivity contribution is -0.118. The van der Waals surface area contributed by atoms with Crippen LogP contribution in [0.5, 0.6) is 5.75 Å². The zero-order chi connectivity index (χ0) is 21.3. The molecule has 2 aromatic carbocycles. The van der Waals surface area contributed by atoms with Gasteiger partial charge < -0.3 is 9.84 Å². The van der Waals surface area contributed by atoms with Gasteiger partial charge in [0, 0.05) is 12.1 Å². The van der Waals surface area contributed by atoms with Crippen LogP contribution in [-0.4, -0.2) is 22.9 Å². The van der Waals surface area contributed by atoms with Gasteiger partial charge in [-0.1, -0.05) is 25.1 Å². The summed E-state index contributed by atoms with van der Waals surface area (Å²) < 4.78 is 5.80. The molecular formula is C24H27NO4. The quantitative estimate of drug-likeness (QED) is 0.752. The van der Waals surface area contributed by atoms with Gasteiger partial charge in [-0.25, -0.2) is 0 Å². The lowest BCUT2D eigenvalue weighted by Gasteiger charge is -2.28. The molecule has 29 heavy (non-hydrogen) atoms. The van der Waals surface area contributed by atoms with Crippen LogP contribution >= 0.6 is 0 Å². The molecule has 1 N–H and O–H groups in total. The zero-order valence-electron chi connectivity index (χ0n) is 17.5. The summed E-state index contributed by atoms with van der Waals surface area (Å²) >= 11 is 0.